The van der Waals surface area contributed by atoms with Crippen LogP contribution < -0.4 is 9.47 Å². The van der Waals surface area contributed by atoms with Crippen LogP contribution in [0, 0.1) is 11.6 Å². The molecule has 0 fully saturated rings. The first-order chi connectivity index (χ1) is 8.06. The molecule has 7 heteroatoms. The number of nitrogens with zero attached hydrogens (tertiary/aromatic N) is 1. The van der Waals surface area contributed by atoms with Crippen molar-refractivity contribution in [2.45, 2.75) is 0 Å². The van der Waals surface area contributed by atoms with Crippen molar-refractivity contribution in [2.24, 2.45) is 0 Å². The molecule has 2 bridgehead atoms. The van der Waals surface area contributed by atoms with Crippen molar-refractivity contribution >= 4 is 5.91 Å². The molecule has 0 atom stereocenters. The Hall–Kier alpha value is -1.89. The van der Waals surface area contributed by atoms with Crippen molar-refractivity contribution in [1.82, 2.24) is 5.06 Å². The Bertz CT molecular complexity index is 478. The van der Waals surface area contributed by atoms with Crippen LogP contribution >= 0.6 is 0 Å². The van der Waals surface area contributed by atoms with Gasteiger partial charge in [-0.15, -0.1) is 0 Å². The number of carbonyl (C=O) groups is 1. The smallest absolute Gasteiger partial charge is 0.281 e. The number of amides is 1. The molecule has 0 aromatic heterocycles. The molecule has 0 saturated carbocycles. The van der Waals surface area contributed by atoms with E-state index in [0.29, 0.717) is 0 Å². The van der Waals surface area contributed by atoms with Crippen molar-refractivity contribution in [2.75, 3.05) is 21.0 Å². The second-order valence-electron chi connectivity index (χ2n) is 3.27. The van der Waals surface area contributed by atoms with E-state index in [1.807, 2.05) is 0 Å². The Morgan fingerprint density at radius 2 is 2.12 bits per heavy atom. The van der Waals surface area contributed by atoms with Gasteiger partial charge in [-0.05, 0) is 0 Å². The quantitative estimate of drug-likeness (QED) is 0.737. The monoisotopic (exact) mass is 245 g/mol. The van der Waals surface area contributed by atoms with E-state index in [4.69, 9.17) is 9.47 Å². The third-order valence-corrected chi connectivity index (χ3v) is 2.34. The maximum atomic E-state index is 13.5. The van der Waals surface area contributed by atoms with Crippen LogP contribution in [-0.2, 0) is 4.84 Å². The molecule has 1 amide bonds. The third kappa shape index (κ3) is 1.78. The summed E-state index contributed by atoms with van der Waals surface area (Å²) >= 11 is 0. The molecule has 0 spiro atoms. The highest BCUT2D eigenvalue weighted by atomic mass is 19.2. The number of hydroxylamine groups is 2. The van der Waals surface area contributed by atoms with Crippen molar-refractivity contribution in [3.8, 4) is 11.5 Å². The van der Waals surface area contributed by atoms with Gasteiger partial charge in [-0.2, -0.15) is 8.78 Å². The Morgan fingerprint density at radius 3 is 2.76 bits per heavy atom. The highest BCUT2D eigenvalue weighted by molar-refractivity contribution is 5.96. The van der Waals surface area contributed by atoms with Crippen LogP contribution in [0.25, 0.3) is 0 Å². The van der Waals surface area contributed by atoms with E-state index < -0.39 is 23.3 Å². The van der Waals surface area contributed by atoms with E-state index >= 15 is 0 Å². The number of carbonyl (C=O) groups excluding carboxylic acids is 1. The summed E-state index contributed by atoms with van der Waals surface area (Å²) in [4.78, 5) is 16.4. The maximum Gasteiger partial charge on any atom is 0.281 e. The van der Waals surface area contributed by atoms with Crippen LogP contribution in [0.2, 0.25) is 0 Å². The van der Waals surface area contributed by atoms with Gasteiger partial charge in [-0.1, -0.05) is 0 Å². The molecule has 2 aliphatic heterocycles. The molecule has 1 aromatic carbocycles. The first kappa shape index (κ1) is 11.6. The van der Waals surface area contributed by atoms with Gasteiger partial charge in [0.1, 0.15) is 0 Å². The van der Waals surface area contributed by atoms with Crippen molar-refractivity contribution in [3.05, 3.63) is 23.3 Å². The first-order valence-electron chi connectivity index (χ1n) is 4.66. The molecular formula is C10H9F2NO4. The van der Waals surface area contributed by atoms with E-state index in [9.17, 15) is 13.6 Å². The summed E-state index contributed by atoms with van der Waals surface area (Å²) in [5.41, 5.74) is -0.152. The Kier molecular flexibility index (Phi) is 2.84. The molecule has 2 heterocycles. The predicted molar refractivity (Wildman–Crippen MR) is 51.6 cm³/mol. The largest absolute Gasteiger partial charge is 0.454 e. The summed E-state index contributed by atoms with van der Waals surface area (Å²) in [6.07, 6.45) is 0. The first-order valence-corrected chi connectivity index (χ1v) is 4.66. The molecule has 5 nitrogen and oxygen atoms in total. The zero-order valence-corrected chi connectivity index (χ0v) is 9.12. The molecule has 17 heavy (non-hydrogen) atoms. The molecule has 1 aromatic rings. The molecule has 92 valence electrons. The number of benzene rings is 1. The van der Waals surface area contributed by atoms with Crippen molar-refractivity contribution in [1.29, 1.82) is 0 Å². The predicted octanol–water partition coefficient (Wildman–Crippen LogP) is 1.33. The normalized spacial score (nSPS) is 12.7. The summed E-state index contributed by atoms with van der Waals surface area (Å²) in [6.45, 7) is -0.352. The van der Waals surface area contributed by atoms with E-state index in [0.717, 1.165) is 11.1 Å². The minimum Gasteiger partial charge on any atom is -0.454 e. The van der Waals surface area contributed by atoms with Crippen molar-refractivity contribution in [3.63, 3.8) is 0 Å². The van der Waals surface area contributed by atoms with Gasteiger partial charge in [0.2, 0.25) is 18.4 Å². The fraction of sp³-hybridized carbons (Fsp3) is 0.300. The van der Waals surface area contributed by atoms with Crippen LogP contribution in [0.4, 0.5) is 8.78 Å². The third-order valence-electron chi connectivity index (χ3n) is 2.34. The summed E-state index contributed by atoms with van der Waals surface area (Å²) in [6, 6.07) is 1.08. The molecule has 0 aliphatic carbocycles. The van der Waals surface area contributed by atoms with Gasteiger partial charge >= 0.3 is 0 Å². The van der Waals surface area contributed by atoms with Crippen LogP contribution in [0.1, 0.15) is 10.4 Å². The molecule has 2 aliphatic rings. The Morgan fingerprint density at radius 1 is 1.41 bits per heavy atom. The molecule has 0 radical (unpaired) electrons. The fourth-order valence-corrected chi connectivity index (χ4v) is 1.40. The zero-order valence-electron chi connectivity index (χ0n) is 9.12. The average molecular weight is 245 g/mol. The number of hydrogen-bond acceptors (Lipinski definition) is 4. The van der Waals surface area contributed by atoms with Crippen molar-refractivity contribution < 1.29 is 27.9 Å². The van der Waals surface area contributed by atoms with Gasteiger partial charge in [0.25, 0.3) is 5.91 Å². The van der Waals surface area contributed by atoms with Gasteiger partial charge < -0.3 is 9.47 Å². The number of halogens is 2. The second-order valence-corrected chi connectivity index (χ2v) is 3.27. The second kappa shape index (κ2) is 4.17. The van der Waals surface area contributed by atoms with Gasteiger partial charge in [-0.25, -0.2) is 5.06 Å². The highest BCUT2D eigenvalue weighted by Crippen LogP contribution is 2.35. The van der Waals surface area contributed by atoms with Crippen LogP contribution in [0.5, 0.6) is 11.5 Å². The fourth-order valence-electron chi connectivity index (χ4n) is 1.40. The van der Waals surface area contributed by atoms with E-state index in [-0.39, 0.29) is 18.1 Å². The Balaban J connectivity index is 2.54. The lowest BCUT2D eigenvalue weighted by molar-refractivity contribution is -0.0758. The molecular weight excluding hydrogens is 236 g/mol. The molecule has 3 rings (SSSR count). The average Bonchev–Trinajstić information content (AvgIpc) is 2.63. The standard InChI is InChI=1S/C10H9F2NO4/c1-13(15-2)10(14)5-3-6-7(11)8(12)9(5)17-4-16-6/h3H,4H2,1-2H3. The minimum atomic E-state index is -1.24. The number of ether oxygens (including phenoxy) is 2. The highest BCUT2D eigenvalue weighted by Gasteiger charge is 2.29. The number of hydrogen-bond donors (Lipinski definition) is 0. The van der Waals surface area contributed by atoms with E-state index in [1.54, 1.807) is 0 Å². The summed E-state index contributed by atoms with van der Waals surface area (Å²) in [5.74, 6) is -3.91. The van der Waals surface area contributed by atoms with E-state index in [2.05, 4.69) is 4.84 Å². The number of rotatable bonds is 2. The summed E-state index contributed by atoms with van der Waals surface area (Å²) in [5, 5.41) is 0.870. The van der Waals surface area contributed by atoms with Gasteiger partial charge in [0.05, 0.1) is 12.7 Å². The maximum absolute atomic E-state index is 13.5. The SMILES string of the molecule is CON(C)C(=O)c1cc2c(F)c(F)c1OCO2. The van der Waals surface area contributed by atoms with Crippen LogP contribution in [0.15, 0.2) is 6.07 Å². The Labute approximate surface area is 95.4 Å². The van der Waals surface area contributed by atoms with Crippen LogP contribution in [-0.4, -0.2) is 31.9 Å². The van der Waals surface area contributed by atoms with Gasteiger partial charge in [0.15, 0.2) is 11.5 Å². The molecule has 0 N–H and O–H groups in total. The lowest BCUT2D eigenvalue weighted by atomic mass is 10.1. The molecule has 0 saturated heterocycles. The topological polar surface area (TPSA) is 48.0 Å². The van der Waals surface area contributed by atoms with E-state index in [1.165, 1.54) is 14.2 Å². The summed E-state index contributed by atoms with van der Waals surface area (Å²) < 4.78 is 36.4. The molecule has 0 unspecified atom stereocenters. The van der Waals surface area contributed by atoms with Gasteiger partial charge in [-0.3, -0.25) is 9.63 Å². The lowest BCUT2D eigenvalue weighted by Gasteiger charge is -2.15. The zero-order chi connectivity index (χ0) is 12.6. The van der Waals surface area contributed by atoms with Crippen LogP contribution in [0.3, 0.4) is 0 Å². The lowest BCUT2D eigenvalue weighted by Crippen LogP contribution is -2.26. The summed E-state index contributed by atoms with van der Waals surface area (Å²) in [7, 11) is 2.61. The van der Waals surface area contributed by atoms with Gasteiger partial charge in [0, 0.05) is 13.1 Å². The minimum absolute atomic E-state index is 0.152. The number of fused-ring (bicyclic) bond motifs is 4.